The number of hydrogen-bond acceptors (Lipinski definition) is 0. The Kier molecular flexibility index (Phi) is 2.74. The lowest BCUT2D eigenvalue weighted by Gasteiger charge is -1.96. The van der Waals surface area contributed by atoms with Gasteiger partial charge in [-0.15, -0.1) is 0 Å². The maximum absolute atomic E-state index is 6.74. The summed E-state index contributed by atoms with van der Waals surface area (Å²) in [6.45, 7) is 2.08. The molecule has 0 saturated heterocycles. The van der Waals surface area contributed by atoms with Crippen molar-refractivity contribution in [1.29, 1.82) is 0 Å². The molecule has 0 amide bonds. The molecule has 0 aromatic heterocycles. The third-order valence-electron chi connectivity index (χ3n) is 1.66. The molecule has 0 heterocycles. The molecule has 1 aromatic carbocycles. The molecule has 0 bridgehead atoms. The zero-order chi connectivity index (χ0) is 8.10. The highest BCUT2D eigenvalue weighted by atomic mass is 13.9. The zero-order valence-electron chi connectivity index (χ0n) is 6.72. The topological polar surface area (TPSA) is 0 Å². The van der Waals surface area contributed by atoms with Crippen LogP contribution in [0.4, 0.5) is 0 Å². The van der Waals surface area contributed by atoms with Crippen molar-refractivity contribution < 1.29 is 0 Å². The number of benzene rings is 1. The van der Waals surface area contributed by atoms with Crippen LogP contribution >= 0.6 is 0 Å². The Morgan fingerprint density at radius 3 is 2.45 bits per heavy atom. The van der Waals surface area contributed by atoms with E-state index in [1.807, 2.05) is 0 Å². The predicted molar refractivity (Wildman–Crippen MR) is 46.6 cm³/mol. The summed E-state index contributed by atoms with van der Waals surface area (Å²) in [7, 11) is 0. The summed E-state index contributed by atoms with van der Waals surface area (Å²) in [6.07, 6.45) is 8.40. The fourth-order valence-electron chi connectivity index (χ4n) is 0.962. The highest BCUT2D eigenvalue weighted by Crippen LogP contribution is 2.04. The second-order valence-electron chi connectivity index (χ2n) is 2.66. The molecule has 0 N–H and O–H groups in total. The van der Waals surface area contributed by atoms with Gasteiger partial charge in [-0.1, -0.05) is 35.7 Å². The lowest BCUT2D eigenvalue weighted by Crippen LogP contribution is -1.82. The summed E-state index contributed by atoms with van der Waals surface area (Å²) >= 11 is 0. The van der Waals surface area contributed by atoms with Crippen LogP contribution in [0.2, 0.25) is 0 Å². The van der Waals surface area contributed by atoms with Crippen LogP contribution in [0.15, 0.2) is 24.3 Å². The Labute approximate surface area is 68.3 Å². The first kappa shape index (κ1) is 7.88. The summed E-state index contributed by atoms with van der Waals surface area (Å²) < 4.78 is 0. The maximum Gasteiger partial charge on any atom is 0.0139 e. The first-order chi connectivity index (χ1) is 5.33. The highest BCUT2D eigenvalue weighted by molar-refractivity contribution is 5.21. The fraction of sp³-hybridized carbons (Fsp3) is 0.273. The van der Waals surface area contributed by atoms with Crippen molar-refractivity contribution >= 4 is 0 Å². The molecule has 0 spiro atoms. The molecular weight excluding hydrogens is 132 g/mol. The summed E-state index contributed by atoms with van der Waals surface area (Å²) in [5, 5.41) is 0. The smallest absolute Gasteiger partial charge is 0.0139 e. The van der Waals surface area contributed by atoms with E-state index in [1.165, 1.54) is 11.1 Å². The Morgan fingerprint density at radius 2 is 1.91 bits per heavy atom. The Balaban J connectivity index is 2.60. The third kappa shape index (κ3) is 2.47. The van der Waals surface area contributed by atoms with E-state index in [-0.39, 0.29) is 0 Å². The first-order valence-electron chi connectivity index (χ1n) is 3.78. The van der Waals surface area contributed by atoms with Gasteiger partial charge in [-0.25, -0.2) is 0 Å². The van der Waals surface area contributed by atoms with E-state index in [4.69, 9.17) is 6.42 Å². The molecule has 1 radical (unpaired) electrons. The van der Waals surface area contributed by atoms with Crippen molar-refractivity contribution in [2.45, 2.75) is 19.8 Å². The number of aryl methyl sites for hydroxylation is 2. The highest BCUT2D eigenvalue weighted by Gasteiger charge is 1.89. The molecule has 0 aliphatic heterocycles. The summed E-state index contributed by atoms with van der Waals surface area (Å²) in [5.41, 5.74) is 2.57. The van der Waals surface area contributed by atoms with E-state index < -0.39 is 0 Å². The first-order valence-corrected chi connectivity index (χ1v) is 3.78. The monoisotopic (exact) mass is 143 g/mol. The van der Waals surface area contributed by atoms with Crippen LogP contribution in [0.3, 0.4) is 0 Å². The van der Waals surface area contributed by atoms with Crippen molar-refractivity contribution in [3.05, 3.63) is 41.8 Å². The van der Waals surface area contributed by atoms with Crippen LogP contribution in [0.5, 0.6) is 0 Å². The van der Waals surface area contributed by atoms with Crippen molar-refractivity contribution in [2.24, 2.45) is 0 Å². The molecule has 0 nitrogen and oxygen atoms in total. The van der Waals surface area contributed by atoms with E-state index in [0.717, 1.165) is 12.8 Å². The van der Waals surface area contributed by atoms with E-state index in [0.29, 0.717) is 0 Å². The molecule has 11 heavy (non-hydrogen) atoms. The van der Waals surface area contributed by atoms with Crippen LogP contribution in [-0.4, -0.2) is 0 Å². The van der Waals surface area contributed by atoms with E-state index in [9.17, 15) is 0 Å². The summed E-state index contributed by atoms with van der Waals surface area (Å²) in [5.74, 6) is 2.38. The molecule has 0 unspecified atom stereocenters. The van der Waals surface area contributed by atoms with Gasteiger partial charge >= 0.3 is 0 Å². The van der Waals surface area contributed by atoms with Gasteiger partial charge in [0.2, 0.25) is 0 Å². The van der Waals surface area contributed by atoms with Crippen LogP contribution < -0.4 is 0 Å². The average molecular weight is 143 g/mol. The van der Waals surface area contributed by atoms with Gasteiger partial charge in [0.15, 0.2) is 0 Å². The molecule has 55 valence electrons. The van der Waals surface area contributed by atoms with Gasteiger partial charge in [0.05, 0.1) is 0 Å². The van der Waals surface area contributed by atoms with Crippen LogP contribution in [0, 0.1) is 19.3 Å². The zero-order valence-corrected chi connectivity index (χ0v) is 6.72. The van der Waals surface area contributed by atoms with E-state index in [2.05, 4.69) is 37.1 Å². The lowest BCUT2D eigenvalue weighted by molar-refractivity contribution is 1.03. The quantitative estimate of drug-likeness (QED) is 0.558. The summed E-state index contributed by atoms with van der Waals surface area (Å²) in [6, 6.07) is 8.40. The van der Waals surface area contributed by atoms with Gasteiger partial charge < -0.3 is 0 Å². The second-order valence-corrected chi connectivity index (χ2v) is 2.66. The minimum atomic E-state index is 0.725. The van der Waals surface area contributed by atoms with Crippen LogP contribution in [0.1, 0.15) is 17.5 Å². The molecule has 0 fully saturated rings. The summed E-state index contributed by atoms with van der Waals surface area (Å²) in [4.78, 5) is 0. The van der Waals surface area contributed by atoms with Gasteiger partial charge in [-0.05, 0) is 25.3 Å². The van der Waals surface area contributed by atoms with Gasteiger partial charge in [-0.3, -0.25) is 0 Å². The SMILES string of the molecule is [C]#CCCc1ccc(C)cc1. The van der Waals surface area contributed by atoms with Crippen molar-refractivity contribution in [2.75, 3.05) is 0 Å². The molecule has 0 heteroatoms. The minimum Gasteiger partial charge on any atom is -0.0888 e. The van der Waals surface area contributed by atoms with E-state index >= 15 is 0 Å². The van der Waals surface area contributed by atoms with Crippen molar-refractivity contribution in [3.63, 3.8) is 0 Å². The second kappa shape index (κ2) is 3.83. The Hall–Kier alpha value is -1.22. The lowest BCUT2D eigenvalue weighted by atomic mass is 10.1. The normalized spacial score (nSPS) is 9.09. The van der Waals surface area contributed by atoms with Gasteiger partial charge in [-0.2, -0.15) is 0 Å². The molecule has 0 aliphatic rings. The molecular formula is C11H11. The maximum atomic E-state index is 6.74. The standard InChI is InChI=1S/C11H11/c1-3-4-5-11-8-6-10(2)7-9-11/h6-9H,4-5H2,2H3. The molecule has 0 saturated carbocycles. The van der Waals surface area contributed by atoms with Gasteiger partial charge in [0.25, 0.3) is 0 Å². The Morgan fingerprint density at radius 1 is 1.27 bits per heavy atom. The fourth-order valence-corrected chi connectivity index (χ4v) is 0.962. The average Bonchev–Trinajstić information content (AvgIpc) is 2.04. The third-order valence-corrected chi connectivity index (χ3v) is 1.66. The Bertz CT molecular complexity index is 248. The van der Waals surface area contributed by atoms with Crippen molar-refractivity contribution in [3.8, 4) is 5.92 Å². The van der Waals surface area contributed by atoms with Gasteiger partial charge in [0.1, 0.15) is 0 Å². The van der Waals surface area contributed by atoms with E-state index in [1.54, 1.807) is 0 Å². The molecule has 0 atom stereocenters. The molecule has 0 aliphatic carbocycles. The largest absolute Gasteiger partial charge is 0.0888 e. The number of rotatable bonds is 2. The molecule has 1 aromatic rings. The van der Waals surface area contributed by atoms with Crippen LogP contribution in [-0.2, 0) is 6.42 Å². The minimum absolute atomic E-state index is 0.725. The molecule has 1 rings (SSSR count). The van der Waals surface area contributed by atoms with Crippen LogP contribution in [0.25, 0.3) is 0 Å². The van der Waals surface area contributed by atoms with Crippen molar-refractivity contribution in [1.82, 2.24) is 0 Å². The number of hydrogen-bond donors (Lipinski definition) is 0. The predicted octanol–water partition coefficient (Wildman–Crippen LogP) is 2.52. The van der Waals surface area contributed by atoms with Gasteiger partial charge in [0, 0.05) is 6.42 Å².